The van der Waals surface area contributed by atoms with Crippen LogP contribution in [0.25, 0.3) is 0 Å². The molecule has 2 aromatic rings. The van der Waals surface area contributed by atoms with Gasteiger partial charge < -0.3 is 10.6 Å². The van der Waals surface area contributed by atoms with Crippen LogP contribution in [0.2, 0.25) is 5.02 Å². The third-order valence-corrected chi connectivity index (χ3v) is 5.11. The zero-order valence-corrected chi connectivity index (χ0v) is 15.9. The van der Waals surface area contributed by atoms with Crippen molar-refractivity contribution in [2.75, 3.05) is 18.0 Å². The van der Waals surface area contributed by atoms with Crippen molar-refractivity contribution < 1.29 is 4.79 Å². The predicted octanol–water partition coefficient (Wildman–Crippen LogP) is 3.90. The molecule has 1 amide bonds. The Hall–Kier alpha value is -2.17. The fourth-order valence-corrected chi connectivity index (χ4v) is 3.43. The molecule has 0 fully saturated rings. The first kappa shape index (κ1) is 18.6. The molecule has 136 valence electrons. The summed E-state index contributed by atoms with van der Waals surface area (Å²) in [5.41, 5.74) is 9.28. The third-order valence-electron chi connectivity index (χ3n) is 4.87. The van der Waals surface area contributed by atoms with Gasteiger partial charge in [-0.2, -0.15) is 0 Å². The van der Waals surface area contributed by atoms with E-state index in [0.717, 1.165) is 28.9 Å². The number of benzodiazepines with no additional fused rings is 1. The number of hydrogen-bond donors (Lipinski definition) is 1. The van der Waals surface area contributed by atoms with Crippen molar-refractivity contribution in [3.8, 4) is 0 Å². The zero-order chi connectivity index (χ0) is 18.7. The molecule has 4 nitrogen and oxygen atoms in total. The summed E-state index contributed by atoms with van der Waals surface area (Å²) in [7, 11) is 0. The molecular weight excluding hydrogens is 346 g/mol. The summed E-state index contributed by atoms with van der Waals surface area (Å²) in [5, 5.41) is 0.620. The first-order valence-corrected chi connectivity index (χ1v) is 9.39. The van der Waals surface area contributed by atoms with Crippen LogP contribution >= 0.6 is 11.6 Å². The molecule has 2 aromatic carbocycles. The Labute approximate surface area is 159 Å². The van der Waals surface area contributed by atoms with Crippen LogP contribution in [0.15, 0.2) is 53.5 Å². The molecule has 0 saturated heterocycles. The minimum absolute atomic E-state index is 0.000645. The number of anilines is 1. The van der Waals surface area contributed by atoms with E-state index in [1.807, 2.05) is 48.5 Å². The van der Waals surface area contributed by atoms with Crippen molar-refractivity contribution in [1.82, 2.24) is 0 Å². The van der Waals surface area contributed by atoms with E-state index in [9.17, 15) is 4.79 Å². The molecular formula is C21H24ClN3O. The molecule has 0 spiro atoms. The molecule has 5 heteroatoms. The predicted molar refractivity (Wildman–Crippen MR) is 108 cm³/mol. The first-order chi connectivity index (χ1) is 12.6. The molecule has 3 rings (SSSR count). The van der Waals surface area contributed by atoms with Gasteiger partial charge in [0.2, 0.25) is 0 Å². The number of amides is 1. The summed E-state index contributed by atoms with van der Waals surface area (Å²) < 4.78 is 0. The van der Waals surface area contributed by atoms with Crippen molar-refractivity contribution in [2.45, 2.75) is 26.3 Å². The summed E-state index contributed by atoms with van der Waals surface area (Å²) in [6.45, 7) is 5.00. The van der Waals surface area contributed by atoms with E-state index in [1.165, 1.54) is 0 Å². The molecule has 2 atom stereocenters. The maximum atomic E-state index is 13.3. The van der Waals surface area contributed by atoms with Gasteiger partial charge >= 0.3 is 0 Å². The van der Waals surface area contributed by atoms with Gasteiger partial charge in [-0.25, -0.2) is 0 Å². The zero-order valence-electron chi connectivity index (χ0n) is 15.2. The summed E-state index contributed by atoms with van der Waals surface area (Å²) in [4.78, 5) is 20.0. The average Bonchev–Trinajstić information content (AvgIpc) is 2.77. The number of fused-ring (bicyclic) bond motifs is 1. The first-order valence-electron chi connectivity index (χ1n) is 9.01. The average molecular weight is 370 g/mol. The third kappa shape index (κ3) is 3.53. The molecule has 1 heterocycles. The van der Waals surface area contributed by atoms with Crippen LogP contribution in [0.4, 0.5) is 5.69 Å². The summed E-state index contributed by atoms with van der Waals surface area (Å²) in [5.74, 6) is 0.130. The second-order valence-corrected chi connectivity index (χ2v) is 7.05. The van der Waals surface area contributed by atoms with Gasteiger partial charge in [-0.15, -0.1) is 0 Å². The lowest BCUT2D eigenvalue weighted by Crippen LogP contribution is -2.43. The highest BCUT2D eigenvalue weighted by atomic mass is 35.5. The Kier molecular flexibility index (Phi) is 5.74. The number of nitrogens with zero attached hydrogens (tertiary/aromatic N) is 2. The highest BCUT2D eigenvalue weighted by molar-refractivity contribution is 6.32. The Morgan fingerprint density at radius 1 is 1.23 bits per heavy atom. The highest BCUT2D eigenvalue weighted by Gasteiger charge is 2.34. The standard InChI is InChI=1S/C21H24ClN3O/c1-3-14(2)19-21(26)25(12-11-23)18-10-9-16(22)13-17(18)20(24-19)15-7-5-4-6-8-15/h4-10,13-14,19H,3,11-12,23H2,1-2H3/t14-,19-/m0/s1. The number of hydrogen-bond acceptors (Lipinski definition) is 3. The van der Waals surface area contributed by atoms with E-state index in [2.05, 4.69) is 13.8 Å². The van der Waals surface area contributed by atoms with Gasteiger partial charge in [-0.3, -0.25) is 9.79 Å². The van der Waals surface area contributed by atoms with E-state index < -0.39 is 6.04 Å². The Morgan fingerprint density at radius 3 is 2.62 bits per heavy atom. The molecule has 0 aliphatic carbocycles. The quantitative estimate of drug-likeness (QED) is 0.868. The lowest BCUT2D eigenvalue weighted by Gasteiger charge is -2.26. The van der Waals surface area contributed by atoms with Crippen LogP contribution in [0, 0.1) is 5.92 Å². The van der Waals surface area contributed by atoms with Gasteiger partial charge in [0.05, 0.1) is 11.4 Å². The minimum atomic E-state index is -0.437. The Morgan fingerprint density at radius 2 is 1.96 bits per heavy atom. The van der Waals surface area contributed by atoms with E-state index in [-0.39, 0.29) is 11.8 Å². The number of nitrogens with two attached hydrogens (primary N) is 1. The van der Waals surface area contributed by atoms with Crippen LogP contribution in [-0.4, -0.2) is 30.8 Å². The largest absolute Gasteiger partial charge is 0.329 e. The number of rotatable bonds is 5. The topological polar surface area (TPSA) is 58.7 Å². The SMILES string of the molecule is CC[C@H](C)[C@@H]1N=C(c2ccccc2)c2cc(Cl)ccc2N(CCN)C1=O. The number of halogens is 1. The molecule has 1 aliphatic heterocycles. The second kappa shape index (κ2) is 8.02. The van der Waals surface area contributed by atoms with E-state index in [4.69, 9.17) is 22.3 Å². The molecule has 0 unspecified atom stereocenters. The number of carbonyl (C=O) groups excluding carboxylic acids is 1. The van der Waals surface area contributed by atoms with Gasteiger partial charge in [0.1, 0.15) is 6.04 Å². The number of benzene rings is 2. The summed E-state index contributed by atoms with van der Waals surface area (Å²) in [6.07, 6.45) is 0.871. The van der Waals surface area contributed by atoms with E-state index in [0.29, 0.717) is 18.1 Å². The molecule has 0 aromatic heterocycles. The van der Waals surface area contributed by atoms with Gasteiger partial charge in [-0.05, 0) is 24.1 Å². The van der Waals surface area contributed by atoms with Crippen molar-refractivity contribution in [3.63, 3.8) is 0 Å². The fraction of sp³-hybridized carbons (Fsp3) is 0.333. The van der Waals surface area contributed by atoms with Crippen molar-refractivity contribution in [2.24, 2.45) is 16.6 Å². The normalized spacial score (nSPS) is 18.2. The van der Waals surface area contributed by atoms with Crippen LogP contribution < -0.4 is 10.6 Å². The van der Waals surface area contributed by atoms with Crippen LogP contribution in [0.5, 0.6) is 0 Å². The minimum Gasteiger partial charge on any atom is -0.329 e. The maximum Gasteiger partial charge on any atom is 0.252 e. The summed E-state index contributed by atoms with van der Waals surface area (Å²) >= 11 is 6.29. The Bertz CT molecular complexity index is 819. The van der Waals surface area contributed by atoms with Crippen molar-refractivity contribution in [1.29, 1.82) is 0 Å². The van der Waals surface area contributed by atoms with E-state index in [1.54, 1.807) is 4.90 Å². The van der Waals surface area contributed by atoms with Gasteiger partial charge in [0.25, 0.3) is 5.91 Å². The lowest BCUT2D eigenvalue weighted by molar-refractivity contribution is -0.120. The molecule has 1 aliphatic rings. The second-order valence-electron chi connectivity index (χ2n) is 6.61. The maximum absolute atomic E-state index is 13.3. The van der Waals surface area contributed by atoms with Crippen molar-refractivity contribution >= 4 is 28.9 Å². The fourth-order valence-electron chi connectivity index (χ4n) is 3.26. The van der Waals surface area contributed by atoms with Gasteiger partial charge in [-0.1, -0.05) is 62.2 Å². The molecule has 0 bridgehead atoms. The van der Waals surface area contributed by atoms with Crippen molar-refractivity contribution in [3.05, 3.63) is 64.7 Å². The van der Waals surface area contributed by atoms with Crippen LogP contribution in [-0.2, 0) is 4.79 Å². The van der Waals surface area contributed by atoms with E-state index >= 15 is 0 Å². The van der Waals surface area contributed by atoms with Crippen LogP contribution in [0.1, 0.15) is 31.4 Å². The smallest absolute Gasteiger partial charge is 0.252 e. The molecule has 26 heavy (non-hydrogen) atoms. The highest BCUT2D eigenvalue weighted by Crippen LogP contribution is 2.32. The number of carbonyl (C=O) groups is 1. The van der Waals surface area contributed by atoms with Gasteiger partial charge in [0, 0.05) is 29.2 Å². The summed E-state index contributed by atoms with van der Waals surface area (Å²) in [6, 6.07) is 15.1. The monoisotopic (exact) mass is 369 g/mol. The van der Waals surface area contributed by atoms with Crippen LogP contribution in [0.3, 0.4) is 0 Å². The molecule has 0 saturated carbocycles. The lowest BCUT2D eigenvalue weighted by atomic mass is 9.98. The van der Waals surface area contributed by atoms with Gasteiger partial charge in [0.15, 0.2) is 0 Å². The number of aliphatic imine (C=N–C) groups is 1. The molecule has 0 radical (unpaired) electrons. The molecule has 2 N–H and O–H groups in total. The Balaban J connectivity index is 2.26.